The third-order valence-corrected chi connectivity index (χ3v) is 5.55. The van der Waals surface area contributed by atoms with Crippen LogP contribution in [0, 0.1) is 0 Å². The third-order valence-electron chi connectivity index (χ3n) is 3.93. The molecule has 0 radical (unpaired) electrons. The Morgan fingerprint density at radius 1 is 1.36 bits per heavy atom. The lowest BCUT2D eigenvalue weighted by molar-refractivity contribution is -0.133. The first-order valence-electron chi connectivity index (χ1n) is 8.24. The van der Waals surface area contributed by atoms with Crippen molar-refractivity contribution in [1.82, 2.24) is 4.90 Å². The van der Waals surface area contributed by atoms with Crippen molar-refractivity contribution < 1.29 is 17.9 Å². The predicted molar refractivity (Wildman–Crippen MR) is 100 cm³/mol. The van der Waals surface area contributed by atoms with E-state index < -0.39 is 9.84 Å². The van der Waals surface area contributed by atoms with Crippen molar-refractivity contribution in [2.75, 3.05) is 18.6 Å². The second-order valence-corrected chi connectivity index (χ2v) is 9.53. The maximum Gasteiger partial charge on any atom is 0.223 e. The van der Waals surface area contributed by atoms with E-state index in [1.807, 2.05) is 0 Å². The summed E-state index contributed by atoms with van der Waals surface area (Å²) < 4.78 is 28.6. The summed E-state index contributed by atoms with van der Waals surface area (Å²) in [4.78, 5) is 14.2. The lowest BCUT2D eigenvalue weighted by Crippen LogP contribution is -2.43. The van der Waals surface area contributed by atoms with E-state index in [1.54, 1.807) is 30.0 Å². The summed E-state index contributed by atoms with van der Waals surface area (Å²) in [7, 11) is -3.12. The summed E-state index contributed by atoms with van der Waals surface area (Å²) in [6.07, 6.45) is 3.93. The van der Waals surface area contributed by atoms with Crippen molar-refractivity contribution in [3.63, 3.8) is 0 Å². The van der Waals surface area contributed by atoms with Crippen LogP contribution in [0.4, 0.5) is 0 Å². The zero-order chi connectivity index (χ0) is 18.6. The molecule has 0 aromatic heterocycles. The highest BCUT2D eigenvalue weighted by molar-refractivity contribution is 7.90. The quantitative estimate of drug-likeness (QED) is 0.586. The monoisotopic (exact) mass is 407 g/mol. The highest BCUT2D eigenvalue weighted by Crippen LogP contribution is 2.30. The van der Waals surface area contributed by atoms with Crippen LogP contribution in [-0.4, -0.2) is 49.9 Å². The first-order valence-corrected chi connectivity index (χ1v) is 11.1. The average molecular weight is 408 g/mol. The van der Waals surface area contributed by atoms with Crippen LogP contribution in [0.15, 0.2) is 18.2 Å². The molecule has 1 aliphatic rings. The second-order valence-electron chi connectivity index (χ2n) is 6.50. The average Bonchev–Trinajstić information content (AvgIpc) is 3.28. The van der Waals surface area contributed by atoms with Gasteiger partial charge in [0.05, 0.1) is 17.4 Å². The number of hydrogen-bond donors (Lipinski definition) is 0. The van der Waals surface area contributed by atoms with E-state index in [0.717, 1.165) is 12.8 Å². The van der Waals surface area contributed by atoms with Gasteiger partial charge < -0.3 is 9.64 Å². The van der Waals surface area contributed by atoms with Crippen molar-refractivity contribution in [3.05, 3.63) is 28.2 Å². The zero-order valence-corrected chi connectivity index (χ0v) is 16.7. The second kappa shape index (κ2) is 8.60. The topological polar surface area (TPSA) is 63.7 Å². The van der Waals surface area contributed by atoms with Gasteiger partial charge in [0.1, 0.15) is 15.6 Å². The molecule has 25 heavy (non-hydrogen) atoms. The summed E-state index contributed by atoms with van der Waals surface area (Å²) >= 11 is 11.9. The predicted octanol–water partition coefficient (Wildman–Crippen LogP) is 3.58. The summed E-state index contributed by atoms with van der Waals surface area (Å²) in [6, 6.07) is 4.86. The van der Waals surface area contributed by atoms with Crippen molar-refractivity contribution in [3.8, 4) is 5.75 Å². The maximum atomic E-state index is 12.5. The summed E-state index contributed by atoms with van der Waals surface area (Å²) in [5.74, 6) is 0.499. The van der Waals surface area contributed by atoms with Crippen molar-refractivity contribution in [1.29, 1.82) is 0 Å². The minimum absolute atomic E-state index is 0.00781. The van der Waals surface area contributed by atoms with E-state index in [-0.39, 0.29) is 23.7 Å². The number of benzene rings is 1. The molecular formula is C17H23Cl2NO4S. The van der Waals surface area contributed by atoms with Crippen molar-refractivity contribution in [2.24, 2.45) is 0 Å². The lowest BCUT2D eigenvalue weighted by atomic mass is 10.2. The number of nitrogens with zero attached hydrogens (tertiary/aromatic N) is 1. The Bertz CT molecular complexity index is 719. The van der Waals surface area contributed by atoms with E-state index in [4.69, 9.17) is 27.9 Å². The van der Waals surface area contributed by atoms with Crippen LogP contribution in [0.2, 0.25) is 10.0 Å². The number of halogens is 2. The first kappa shape index (κ1) is 20.3. The highest BCUT2D eigenvalue weighted by atomic mass is 35.5. The summed E-state index contributed by atoms with van der Waals surface area (Å²) in [5, 5.41) is 0.965. The molecule has 1 aromatic carbocycles. The van der Waals surface area contributed by atoms with Crippen LogP contribution < -0.4 is 4.74 Å². The Kier molecular flexibility index (Phi) is 7.00. The number of rotatable bonds is 9. The smallest absolute Gasteiger partial charge is 0.223 e. The van der Waals surface area contributed by atoms with Crippen LogP contribution in [0.1, 0.15) is 32.6 Å². The normalized spacial score (nSPS) is 15.7. The van der Waals surface area contributed by atoms with Crippen LogP contribution in [0.5, 0.6) is 5.75 Å². The van der Waals surface area contributed by atoms with Crippen molar-refractivity contribution in [2.45, 2.75) is 44.7 Å². The van der Waals surface area contributed by atoms with E-state index in [1.165, 1.54) is 6.26 Å². The molecule has 2 rings (SSSR count). The minimum atomic E-state index is -3.12. The van der Waals surface area contributed by atoms with Crippen LogP contribution in [0.25, 0.3) is 0 Å². The molecule has 1 saturated carbocycles. The molecule has 1 aliphatic carbocycles. The number of carbonyl (C=O) groups excluding carboxylic acids is 1. The fourth-order valence-corrected chi connectivity index (χ4v) is 4.31. The Balaban J connectivity index is 1.83. The van der Waals surface area contributed by atoms with Gasteiger partial charge in [-0.1, -0.05) is 23.2 Å². The number of sulfone groups is 1. The molecule has 1 unspecified atom stereocenters. The van der Waals surface area contributed by atoms with E-state index in [9.17, 15) is 13.2 Å². The van der Waals surface area contributed by atoms with Gasteiger partial charge in [0.2, 0.25) is 5.91 Å². The summed E-state index contributed by atoms with van der Waals surface area (Å²) in [6.45, 7) is 2.15. The van der Waals surface area contributed by atoms with E-state index in [2.05, 4.69) is 0 Å². The van der Waals surface area contributed by atoms with Gasteiger partial charge in [-0.2, -0.15) is 0 Å². The van der Waals surface area contributed by atoms with Gasteiger partial charge in [0.25, 0.3) is 0 Å². The van der Waals surface area contributed by atoms with E-state index in [0.29, 0.717) is 35.2 Å². The fraction of sp³-hybridized carbons (Fsp3) is 0.588. The third kappa shape index (κ3) is 6.68. The lowest BCUT2D eigenvalue weighted by Gasteiger charge is -2.29. The molecule has 1 aromatic rings. The number of hydrogen-bond acceptors (Lipinski definition) is 4. The van der Waals surface area contributed by atoms with Gasteiger partial charge in [-0.05, 0) is 44.4 Å². The Labute approximate surface area is 159 Å². The van der Waals surface area contributed by atoms with Gasteiger partial charge in [-0.25, -0.2) is 8.42 Å². The fourth-order valence-electron chi connectivity index (χ4n) is 2.81. The molecule has 140 valence electrons. The molecule has 0 saturated heterocycles. The Morgan fingerprint density at radius 2 is 2.04 bits per heavy atom. The minimum Gasteiger partial charge on any atom is -0.492 e. The molecule has 8 heteroatoms. The molecule has 0 bridgehead atoms. The number of ether oxygens (including phenoxy) is 1. The van der Waals surface area contributed by atoms with E-state index >= 15 is 0 Å². The molecule has 5 nitrogen and oxygen atoms in total. The standard InChI is InChI=1S/C17H23Cl2NO4S/c1-12(11-25(2,22)23)20(14-6-7-14)17(21)4-3-9-24-16-8-5-13(18)10-15(16)19/h5,8,10,12,14H,3-4,6-7,9,11H2,1-2H3. The molecule has 1 amide bonds. The SMILES string of the molecule is CC(CS(C)(=O)=O)N(C(=O)CCCOc1ccc(Cl)cc1Cl)C1CC1. The van der Waals surface area contributed by atoms with Gasteiger partial charge in [-0.15, -0.1) is 0 Å². The number of amides is 1. The molecule has 0 N–H and O–H groups in total. The van der Waals surface area contributed by atoms with Crippen LogP contribution in [-0.2, 0) is 14.6 Å². The Hall–Kier alpha value is -0.980. The molecule has 0 aliphatic heterocycles. The maximum absolute atomic E-state index is 12.5. The largest absolute Gasteiger partial charge is 0.492 e. The first-order chi connectivity index (χ1) is 11.7. The molecule has 0 spiro atoms. The van der Waals surface area contributed by atoms with Gasteiger partial charge in [-0.3, -0.25) is 4.79 Å². The molecule has 1 atom stereocenters. The molecule has 0 heterocycles. The van der Waals surface area contributed by atoms with Gasteiger partial charge >= 0.3 is 0 Å². The van der Waals surface area contributed by atoms with Gasteiger partial charge in [0.15, 0.2) is 0 Å². The Morgan fingerprint density at radius 3 is 2.60 bits per heavy atom. The zero-order valence-electron chi connectivity index (χ0n) is 14.4. The van der Waals surface area contributed by atoms with Crippen LogP contribution in [0.3, 0.4) is 0 Å². The van der Waals surface area contributed by atoms with Gasteiger partial charge in [0, 0.05) is 29.8 Å². The van der Waals surface area contributed by atoms with Crippen LogP contribution >= 0.6 is 23.2 Å². The summed E-state index contributed by atoms with van der Waals surface area (Å²) in [5.41, 5.74) is 0. The molecular weight excluding hydrogens is 385 g/mol. The highest BCUT2D eigenvalue weighted by Gasteiger charge is 2.36. The molecule has 1 fully saturated rings. The van der Waals surface area contributed by atoms with Crippen molar-refractivity contribution >= 4 is 38.9 Å². The number of carbonyl (C=O) groups is 1.